The number of amides is 2. The predicted molar refractivity (Wildman–Crippen MR) is 87.0 cm³/mol. The molecule has 0 spiro atoms. The van der Waals surface area contributed by atoms with Gasteiger partial charge < -0.3 is 15.7 Å². The molecule has 0 heterocycles. The van der Waals surface area contributed by atoms with Crippen molar-refractivity contribution in [2.45, 2.75) is 13.3 Å². The summed E-state index contributed by atoms with van der Waals surface area (Å²) in [6.45, 7) is 1.48. The number of hydrogen-bond donors (Lipinski definition) is 3. The highest BCUT2D eigenvalue weighted by atomic mass is 32.2. The van der Waals surface area contributed by atoms with Crippen LogP contribution in [0.2, 0.25) is 0 Å². The van der Waals surface area contributed by atoms with Crippen molar-refractivity contribution in [2.24, 2.45) is 5.92 Å². The molecule has 1 aromatic carbocycles. The van der Waals surface area contributed by atoms with Gasteiger partial charge in [-0.3, -0.25) is 14.4 Å². The van der Waals surface area contributed by atoms with Crippen molar-refractivity contribution in [1.82, 2.24) is 5.32 Å². The zero-order chi connectivity index (χ0) is 16.5. The molecule has 0 aromatic heterocycles. The zero-order valence-electron chi connectivity index (χ0n) is 12.6. The lowest BCUT2D eigenvalue weighted by atomic mass is 10.1. The second-order valence-electron chi connectivity index (χ2n) is 4.89. The molecule has 120 valence electrons. The second-order valence-corrected chi connectivity index (χ2v) is 5.80. The first-order chi connectivity index (χ1) is 10.4. The Balaban J connectivity index is 2.50. The van der Waals surface area contributed by atoms with Crippen LogP contribution in [-0.2, 0) is 20.8 Å². The van der Waals surface area contributed by atoms with E-state index in [2.05, 4.69) is 10.6 Å². The second kappa shape index (κ2) is 9.09. The van der Waals surface area contributed by atoms with Gasteiger partial charge in [0.25, 0.3) is 0 Å². The van der Waals surface area contributed by atoms with Gasteiger partial charge in [-0.05, 0) is 24.0 Å². The molecule has 6 nitrogen and oxygen atoms in total. The van der Waals surface area contributed by atoms with Crippen molar-refractivity contribution in [2.75, 3.05) is 23.9 Å². The minimum absolute atomic E-state index is 0.0405. The van der Waals surface area contributed by atoms with Crippen LogP contribution in [0.1, 0.15) is 12.5 Å². The van der Waals surface area contributed by atoms with Crippen LogP contribution in [0, 0.1) is 5.92 Å². The van der Waals surface area contributed by atoms with Crippen molar-refractivity contribution < 1.29 is 19.5 Å². The van der Waals surface area contributed by atoms with Gasteiger partial charge in [-0.25, -0.2) is 0 Å². The van der Waals surface area contributed by atoms with Gasteiger partial charge in [-0.15, -0.1) is 0 Å². The van der Waals surface area contributed by atoms with E-state index >= 15 is 0 Å². The van der Waals surface area contributed by atoms with Gasteiger partial charge >= 0.3 is 5.97 Å². The normalized spacial score (nSPS) is 11.5. The van der Waals surface area contributed by atoms with Gasteiger partial charge in [-0.2, -0.15) is 11.8 Å². The van der Waals surface area contributed by atoms with E-state index in [0.717, 1.165) is 11.3 Å². The van der Waals surface area contributed by atoms with Crippen molar-refractivity contribution in [3.63, 3.8) is 0 Å². The summed E-state index contributed by atoms with van der Waals surface area (Å²) in [7, 11) is 0. The average molecular weight is 324 g/mol. The summed E-state index contributed by atoms with van der Waals surface area (Å²) in [5, 5.41) is 13.6. The minimum atomic E-state index is -1.08. The van der Waals surface area contributed by atoms with Gasteiger partial charge in [0, 0.05) is 17.4 Å². The fraction of sp³-hybridized carbons (Fsp3) is 0.400. The Hall–Kier alpha value is -2.02. The summed E-state index contributed by atoms with van der Waals surface area (Å²) >= 11 is 1.62. The Morgan fingerprint density at radius 3 is 2.41 bits per heavy atom. The first kappa shape index (κ1) is 18.0. The molecule has 0 bridgehead atoms. The lowest BCUT2D eigenvalue weighted by Gasteiger charge is -2.11. The Kier molecular flexibility index (Phi) is 7.45. The summed E-state index contributed by atoms with van der Waals surface area (Å²) in [5.74, 6) is -0.787. The topological polar surface area (TPSA) is 95.5 Å². The molecule has 3 N–H and O–H groups in total. The van der Waals surface area contributed by atoms with Gasteiger partial charge in [0.1, 0.15) is 6.54 Å². The maximum Gasteiger partial charge on any atom is 0.322 e. The largest absolute Gasteiger partial charge is 0.480 e. The molecule has 0 saturated heterocycles. The van der Waals surface area contributed by atoms with E-state index in [1.807, 2.05) is 13.2 Å². The summed E-state index contributed by atoms with van der Waals surface area (Å²) in [4.78, 5) is 33.7. The van der Waals surface area contributed by atoms with Crippen molar-refractivity contribution >= 4 is 35.2 Å². The number of carbonyl (C=O) groups is 3. The van der Waals surface area contributed by atoms with Gasteiger partial charge in [-0.1, -0.05) is 19.1 Å². The number of aliphatic carboxylic acids is 1. The van der Waals surface area contributed by atoms with E-state index in [1.54, 1.807) is 36.0 Å². The number of carboxylic acids is 1. The molecule has 1 atom stereocenters. The summed E-state index contributed by atoms with van der Waals surface area (Å²) < 4.78 is 0. The molecule has 22 heavy (non-hydrogen) atoms. The monoisotopic (exact) mass is 324 g/mol. The molecular weight excluding hydrogens is 304 g/mol. The van der Waals surface area contributed by atoms with Crippen LogP contribution in [0.3, 0.4) is 0 Å². The van der Waals surface area contributed by atoms with E-state index in [-0.39, 0.29) is 30.7 Å². The van der Waals surface area contributed by atoms with Gasteiger partial charge in [0.15, 0.2) is 0 Å². The lowest BCUT2D eigenvalue weighted by Crippen LogP contribution is -2.30. The minimum Gasteiger partial charge on any atom is -0.480 e. The number of carbonyl (C=O) groups excluding carboxylic acids is 2. The third-order valence-corrected chi connectivity index (χ3v) is 3.72. The molecule has 0 aliphatic rings. The fourth-order valence-electron chi connectivity index (χ4n) is 1.72. The standard InChI is InChI=1S/C15H20N2O4S/c1-10(9-22-2)15(21)17-12-5-3-11(4-6-12)7-13(18)16-8-14(19)20/h3-6,10H,7-9H2,1-2H3,(H,16,18)(H,17,21)(H,19,20). The Bertz CT molecular complexity index is 531. The van der Waals surface area contributed by atoms with Crippen LogP contribution in [0.15, 0.2) is 24.3 Å². The highest BCUT2D eigenvalue weighted by molar-refractivity contribution is 7.98. The molecule has 1 aromatic rings. The predicted octanol–water partition coefficient (Wildman–Crippen LogP) is 1.37. The molecule has 0 aliphatic carbocycles. The van der Waals surface area contributed by atoms with E-state index in [9.17, 15) is 14.4 Å². The number of anilines is 1. The van der Waals surface area contributed by atoms with Crippen LogP contribution in [0.5, 0.6) is 0 Å². The van der Waals surface area contributed by atoms with Crippen molar-refractivity contribution in [3.8, 4) is 0 Å². The van der Waals surface area contributed by atoms with Crippen LogP contribution >= 0.6 is 11.8 Å². The van der Waals surface area contributed by atoms with Crippen LogP contribution in [0.25, 0.3) is 0 Å². The summed E-state index contributed by atoms with van der Waals surface area (Å²) in [6, 6.07) is 6.91. The Morgan fingerprint density at radius 2 is 1.86 bits per heavy atom. The zero-order valence-corrected chi connectivity index (χ0v) is 13.4. The van der Waals surface area contributed by atoms with Crippen LogP contribution in [0.4, 0.5) is 5.69 Å². The maximum absolute atomic E-state index is 11.9. The highest BCUT2D eigenvalue weighted by Crippen LogP contribution is 2.13. The average Bonchev–Trinajstić information content (AvgIpc) is 2.47. The van der Waals surface area contributed by atoms with Crippen LogP contribution < -0.4 is 10.6 Å². The van der Waals surface area contributed by atoms with E-state index in [1.165, 1.54) is 0 Å². The number of thioether (sulfide) groups is 1. The molecular formula is C15H20N2O4S. The molecule has 1 unspecified atom stereocenters. The van der Waals surface area contributed by atoms with Gasteiger partial charge in [0.05, 0.1) is 6.42 Å². The third-order valence-electron chi connectivity index (χ3n) is 2.89. The number of carboxylic acid groups (broad SMARTS) is 1. The first-order valence-corrected chi connectivity index (χ1v) is 8.19. The number of benzene rings is 1. The Labute approximate surface area is 133 Å². The lowest BCUT2D eigenvalue weighted by molar-refractivity contribution is -0.137. The first-order valence-electron chi connectivity index (χ1n) is 6.79. The van der Waals surface area contributed by atoms with Crippen molar-refractivity contribution in [1.29, 1.82) is 0 Å². The number of hydrogen-bond acceptors (Lipinski definition) is 4. The van der Waals surface area contributed by atoms with E-state index in [4.69, 9.17) is 5.11 Å². The number of nitrogens with one attached hydrogen (secondary N) is 2. The molecule has 1 rings (SSSR count). The smallest absolute Gasteiger partial charge is 0.322 e. The SMILES string of the molecule is CSCC(C)C(=O)Nc1ccc(CC(=O)NCC(=O)O)cc1. The van der Waals surface area contributed by atoms with Crippen LogP contribution in [-0.4, -0.2) is 41.4 Å². The summed E-state index contributed by atoms with van der Waals surface area (Å²) in [6.07, 6.45) is 2.05. The molecule has 7 heteroatoms. The van der Waals surface area contributed by atoms with E-state index in [0.29, 0.717) is 5.69 Å². The van der Waals surface area contributed by atoms with E-state index < -0.39 is 5.97 Å². The highest BCUT2D eigenvalue weighted by Gasteiger charge is 2.12. The van der Waals surface area contributed by atoms with Gasteiger partial charge in [0.2, 0.25) is 11.8 Å². The quantitative estimate of drug-likeness (QED) is 0.671. The van der Waals surface area contributed by atoms with Crippen molar-refractivity contribution in [3.05, 3.63) is 29.8 Å². The third kappa shape index (κ3) is 6.62. The number of rotatable bonds is 8. The fourth-order valence-corrected chi connectivity index (χ4v) is 2.37. The maximum atomic E-state index is 11.9. The molecule has 0 aliphatic heterocycles. The molecule has 0 saturated carbocycles. The summed E-state index contributed by atoms with van der Waals surface area (Å²) in [5.41, 5.74) is 1.42. The molecule has 0 fully saturated rings. The molecule has 0 radical (unpaired) electrons. The molecule has 2 amide bonds. The Morgan fingerprint density at radius 1 is 1.23 bits per heavy atom.